The standard InChI is InChI=1S/C11H13N/c1-3-9-4-5-10-6-8(2)12-11(10)7-9/h3-5,7-8,12H,1,6H2,2H3/t8-/m0/s1. The van der Waals surface area contributed by atoms with E-state index in [1.54, 1.807) is 0 Å². The van der Waals surface area contributed by atoms with Gasteiger partial charge in [-0.15, -0.1) is 0 Å². The van der Waals surface area contributed by atoms with Gasteiger partial charge in [-0.1, -0.05) is 24.8 Å². The van der Waals surface area contributed by atoms with E-state index in [1.165, 1.54) is 16.8 Å². The van der Waals surface area contributed by atoms with Crippen LogP contribution in [0.2, 0.25) is 0 Å². The SMILES string of the molecule is C=Cc1ccc2c(c1)N[C@@H](C)C2. The summed E-state index contributed by atoms with van der Waals surface area (Å²) in [7, 11) is 0. The number of rotatable bonds is 1. The van der Waals surface area contributed by atoms with Gasteiger partial charge in [-0.2, -0.15) is 0 Å². The number of nitrogens with one attached hydrogen (secondary N) is 1. The predicted molar refractivity (Wildman–Crippen MR) is 53.3 cm³/mol. The minimum Gasteiger partial charge on any atom is -0.382 e. The molecule has 0 bridgehead atoms. The monoisotopic (exact) mass is 159 g/mol. The lowest BCUT2D eigenvalue weighted by Crippen LogP contribution is -2.08. The topological polar surface area (TPSA) is 12.0 Å². The summed E-state index contributed by atoms with van der Waals surface area (Å²) < 4.78 is 0. The second kappa shape index (κ2) is 2.67. The molecule has 0 fully saturated rings. The van der Waals surface area contributed by atoms with Gasteiger partial charge in [0.05, 0.1) is 0 Å². The average Bonchev–Trinajstić information content (AvgIpc) is 2.43. The first-order valence-corrected chi connectivity index (χ1v) is 4.31. The van der Waals surface area contributed by atoms with Crippen molar-refractivity contribution in [3.05, 3.63) is 35.9 Å². The lowest BCUT2D eigenvalue weighted by molar-refractivity contribution is 0.839. The van der Waals surface area contributed by atoms with E-state index in [-0.39, 0.29) is 0 Å². The zero-order valence-corrected chi connectivity index (χ0v) is 7.30. The van der Waals surface area contributed by atoms with Gasteiger partial charge in [0.25, 0.3) is 0 Å². The third-order valence-corrected chi connectivity index (χ3v) is 2.30. The van der Waals surface area contributed by atoms with Gasteiger partial charge in [0.1, 0.15) is 0 Å². The second-order valence-electron chi connectivity index (χ2n) is 3.37. The van der Waals surface area contributed by atoms with Gasteiger partial charge in [0.2, 0.25) is 0 Å². The molecule has 2 rings (SSSR count). The lowest BCUT2D eigenvalue weighted by Gasteiger charge is -2.02. The highest BCUT2D eigenvalue weighted by molar-refractivity contribution is 5.63. The molecule has 1 aliphatic rings. The molecule has 1 N–H and O–H groups in total. The molecule has 0 aliphatic carbocycles. The molecule has 62 valence electrons. The first kappa shape index (κ1) is 7.41. The molecule has 0 unspecified atom stereocenters. The van der Waals surface area contributed by atoms with Crippen LogP contribution >= 0.6 is 0 Å². The zero-order valence-electron chi connectivity index (χ0n) is 7.30. The summed E-state index contributed by atoms with van der Waals surface area (Å²) in [6, 6.07) is 7.04. The fourth-order valence-corrected chi connectivity index (χ4v) is 1.68. The van der Waals surface area contributed by atoms with Crippen LogP contribution in [0.4, 0.5) is 5.69 Å². The molecule has 1 heterocycles. The van der Waals surface area contributed by atoms with Crippen molar-refractivity contribution in [3.8, 4) is 0 Å². The molecule has 1 aliphatic heterocycles. The third-order valence-electron chi connectivity index (χ3n) is 2.30. The van der Waals surface area contributed by atoms with Gasteiger partial charge >= 0.3 is 0 Å². The molecule has 0 spiro atoms. The average molecular weight is 159 g/mol. The van der Waals surface area contributed by atoms with Gasteiger partial charge in [0.15, 0.2) is 0 Å². The van der Waals surface area contributed by atoms with E-state index in [2.05, 4.69) is 37.0 Å². The van der Waals surface area contributed by atoms with Crippen molar-refractivity contribution >= 4 is 11.8 Å². The summed E-state index contributed by atoms with van der Waals surface area (Å²) in [4.78, 5) is 0. The molecule has 0 amide bonds. The van der Waals surface area contributed by atoms with E-state index < -0.39 is 0 Å². The Hall–Kier alpha value is -1.24. The zero-order chi connectivity index (χ0) is 8.55. The van der Waals surface area contributed by atoms with E-state index in [0.717, 1.165) is 6.42 Å². The molecule has 0 saturated carbocycles. The third kappa shape index (κ3) is 1.11. The Kier molecular flexibility index (Phi) is 1.65. The van der Waals surface area contributed by atoms with Crippen molar-refractivity contribution in [2.24, 2.45) is 0 Å². The molecule has 0 aromatic heterocycles. The summed E-state index contributed by atoms with van der Waals surface area (Å²) >= 11 is 0. The quantitative estimate of drug-likeness (QED) is 0.664. The Balaban J connectivity index is 2.41. The Bertz CT molecular complexity index is 315. The van der Waals surface area contributed by atoms with Crippen molar-refractivity contribution in [1.29, 1.82) is 0 Å². The van der Waals surface area contributed by atoms with Gasteiger partial charge in [-0.05, 0) is 30.5 Å². The summed E-state index contributed by atoms with van der Waals surface area (Å²) in [5, 5.41) is 3.42. The maximum absolute atomic E-state index is 3.75. The Morgan fingerprint density at radius 3 is 3.17 bits per heavy atom. The molecule has 1 nitrogen and oxygen atoms in total. The minimum absolute atomic E-state index is 0.583. The van der Waals surface area contributed by atoms with Gasteiger partial charge < -0.3 is 5.32 Å². The van der Waals surface area contributed by atoms with Crippen LogP contribution in [0.1, 0.15) is 18.1 Å². The number of fused-ring (bicyclic) bond motifs is 1. The lowest BCUT2D eigenvalue weighted by atomic mass is 10.1. The van der Waals surface area contributed by atoms with E-state index in [0.29, 0.717) is 6.04 Å². The van der Waals surface area contributed by atoms with E-state index in [4.69, 9.17) is 0 Å². The number of hydrogen-bond acceptors (Lipinski definition) is 1. The first-order valence-electron chi connectivity index (χ1n) is 4.31. The number of benzene rings is 1. The van der Waals surface area contributed by atoms with Crippen LogP contribution in [0.5, 0.6) is 0 Å². The summed E-state index contributed by atoms with van der Waals surface area (Å²) in [6.45, 7) is 5.95. The van der Waals surface area contributed by atoms with Crippen molar-refractivity contribution < 1.29 is 0 Å². The molecular formula is C11H13N. The van der Waals surface area contributed by atoms with Crippen LogP contribution in [-0.4, -0.2) is 6.04 Å². The number of anilines is 1. The maximum Gasteiger partial charge on any atom is 0.0381 e. The fourth-order valence-electron chi connectivity index (χ4n) is 1.68. The van der Waals surface area contributed by atoms with Gasteiger partial charge in [-0.3, -0.25) is 0 Å². The van der Waals surface area contributed by atoms with E-state index in [9.17, 15) is 0 Å². The van der Waals surface area contributed by atoms with Crippen LogP contribution < -0.4 is 5.32 Å². The predicted octanol–water partition coefficient (Wildman–Crippen LogP) is 2.69. The van der Waals surface area contributed by atoms with Crippen LogP contribution in [0.15, 0.2) is 24.8 Å². The van der Waals surface area contributed by atoms with E-state index >= 15 is 0 Å². The fraction of sp³-hybridized carbons (Fsp3) is 0.273. The Morgan fingerprint density at radius 1 is 1.58 bits per heavy atom. The van der Waals surface area contributed by atoms with Crippen molar-refractivity contribution in [2.75, 3.05) is 5.32 Å². The minimum atomic E-state index is 0.583. The summed E-state index contributed by atoms with van der Waals surface area (Å²) in [5.74, 6) is 0. The van der Waals surface area contributed by atoms with Crippen LogP contribution in [0.25, 0.3) is 6.08 Å². The largest absolute Gasteiger partial charge is 0.382 e. The van der Waals surface area contributed by atoms with E-state index in [1.807, 2.05) is 6.08 Å². The maximum atomic E-state index is 3.75. The van der Waals surface area contributed by atoms with Crippen LogP contribution in [0, 0.1) is 0 Å². The Labute approximate surface area is 73.1 Å². The molecule has 0 radical (unpaired) electrons. The second-order valence-corrected chi connectivity index (χ2v) is 3.37. The molecule has 0 saturated heterocycles. The molecule has 1 aromatic rings. The summed E-state index contributed by atoms with van der Waals surface area (Å²) in [6.07, 6.45) is 3.03. The normalized spacial score (nSPS) is 19.9. The van der Waals surface area contributed by atoms with Crippen molar-refractivity contribution in [3.63, 3.8) is 0 Å². The van der Waals surface area contributed by atoms with Crippen LogP contribution in [-0.2, 0) is 6.42 Å². The van der Waals surface area contributed by atoms with Crippen LogP contribution in [0.3, 0.4) is 0 Å². The molecular weight excluding hydrogens is 146 g/mol. The van der Waals surface area contributed by atoms with Crippen molar-refractivity contribution in [1.82, 2.24) is 0 Å². The highest BCUT2D eigenvalue weighted by Gasteiger charge is 2.15. The number of hydrogen-bond donors (Lipinski definition) is 1. The Morgan fingerprint density at radius 2 is 2.42 bits per heavy atom. The summed E-state index contributed by atoms with van der Waals surface area (Å²) in [5.41, 5.74) is 3.89. The smallest absolute Gasteiger partial charge is 0.0381 e. The highest BCUT2D eigenvalue weighted by atomic mass is 14.9. The van der Waals surface area contributed by atoms with Gasteiger partial charge in [-0.25, -0.2) is 0 Å². The first-order chi connectivity index (χ1) is 5.79. The molecule has 12 heavy (non-hydrogen) atoms. The van der Waals surface area contributed by atoms with Crippen molar-refractivity contribution in [2.45, 2.75) is 19.4 Å². The molecule has 1 atom stereocenters. The molecule has 1 aromatic carbocycles. The highest BCUT2D eigenvalue weighted by Crippen LogP contribution is 2.26. The molecule has 1 heteroatoms. The van der Waals surface area contributed by atoms with Gasteiger partial charge in [0, 0.05) is 11.7 Å².